The molecule has 3 rings (SSSR count). The van der Waals surface area contributed by atoms with Crippen LogP contribution < -0.4 is 5.32 Å². The normalized spacial score (nSPS) is 20.2. The van der Waals surface area contributed by atoms with Crippen molar-refractivity contribution in [2.24, 2.45) is 0 Å². The molecule has 0 bridgehead atoms. The molecule has 200 valence electrons. The number of aliphatic hydroxyl groups is 1. The second kappa shape index (κ2) is 8.54. The van der Waals surface area contributed by atoms with Crippen molar-refractivity contribution >= 4 is 0 Å². The van der Waals surface area contributed by atoms with Crippen LogP contribution in [0, 0.1) is 0 Å². The van der Waals surface area contributed by atoms with Crippen LogP contribution in [0.1, 0.15) is 53.1 Å². The first-order chi connectivity index (χ1) is 16.1. The van der Waals surface area contributed by atoms with Crippen molar-refractivity contribution in [3.05, 3.63) is 69.8 Å². The number of nitrogens with one attached hydrogen (secondary N) is 1. The average molecular weight is 539 g/mol. The minimum Gasteiger partial charge on any atom is -0.378 e. The molecule has 1 atom stereocenters. The van der Waals surface area contributed by atoms with Crippen LogP contribution in [0.3, 0.4) is 0 Å². The van der Waals surface area contributed by atoms with Gasteiger partial charge in [-0.25, -0.2) is 0 Å². The Hall–Kier alpha value is -2.48. The van der Waals surface area contributed by atoms with E-state index in [-0.39, 0.29) is 55.8 Å². The van der Waals surface area contributed by atoms with Crippen LogP contribution in [0.2, 0.25) is 0 Å². The quantitative estimate of drug-likeness (QED) is 0.407. The maximum atomic E-state index is 13.5. The number of hydrogen-bond donors (Lipinski definition) is 2. The molecule has 0 saturated carbocycles. The lowest BCUT2D eigenvalue weighted by Crippen LogP contribution is -2.56. The summed E-state index contributed by atoms with van der Waals surface area (Å²) in [4.78, 5) is 0. The van der Waals surface area contributed by atoms with Gasteiger partial charge >= 0.3 is 24.7 Å². The van der Waals surface area contributed by atoms with Gasteiger partial charge < -0.3 is 10.4 Å². The van der Waals surface area contributed by atoms with E-state index < -0.39 is 69.2 Å². The molecule has 0 amide bonds. The van der Waals surface area contributed by atoms with Gasteiger partial charge in [0.2, 0.25) is 0 Å². The second-order valence-corrected chi connectivity index (χ2v) is 8.66. The number of benzene rings is 2. The molecule has 0 radical (unpaired) electrons. The van der Waals surface area contributed by atoms with Crippen LogP contribution in [0.25, 0.3) is 0 Å². The zero-order valence-electron chi connectivity index (χ0n) is 18.1. The summed E-state index contributed by atoms with van der Waals surface area (Å²) in [6.45, 7) is 1.13. The lowest BCUT2D eigenvalue weighted by Gasteiger charge is -2.44. The standard InChI is InChI=1S/C22H17F12NO/c1-17(3-2-4-35-17)18(36,11-5-13(19(23,24)25)9-14(6-11)20(26,27)28)12-7-15(21(29,30)31)10-16(8-12)22(32,33)34/h5-10,35-36H,2-4H2,1H3/t17-/m1/s1. The summed E-state index contributed by atoms with van der Waals surface area (Å²) in [5.41, 5.74) is -15.0. The van der Waals surface area contributed by atoms with E-state index in [2.05, 4.69) is 5.32 Å². The van der Waals surface area contributed by atoms with Crippen molar-refractivity contribution in [1.29, 1.82) is 0 Å². The van der Waals surface area contributed by atoms with E-state index >= 15 is 0 Å². The maximum absolute atomic E-state index is 13.5. The Bertz CT molecular complexity index is 982. The molecule has 1 aliphatic rings. The van der Waals surface area contributed by atoms with Gasteiger partial charge in [0, 0.05) is 0 Å². The number of halogens is 12. The monoisotopic (exact) mass is 539 g/mol. The molecule has 0 unspecified atom stereocenters. The van der Waals surface area contributed by atoms with E-state index in [4.69, 9.17) is 0 Å². The van der Waals surface area contributed by atoms with E-state index in [0.29, 0.717) is 0 Å². The molecule has 2 nitrogen and oxygen atoms in total. The van der Waals surface area contributed by atoms with Gasteiger partial charge in [0.15, 0.2) is 0 Å². The summed E-state index contributed by atoms with van der Waals surface area (Å²) in [6, 6.07) is -0.159. The first-order valence-corrected chi connectivity index (χ1v) is 10.2. The lowest BCUT2D eigenvalue weighted by molar-refractivity contribution is -0.144. The predicted octanol–water partition coefficient (Wildman–Crippen LogP) is 7.14. The van der Waals surface area contributed by atoms with E-state index in [0.717, 1.165) is 6.92 Å². The van der Waals surface area contributed by atoms with E-state index in [1.165, 1.54) is 0 Å². The van der Waals surface area contributed by atoms with Gasteiger partial charge in [0.05, 0.1) is 27.8 Å². The molecular weight excluding hydrogens is 522 g/mol. The molecular formula is C22H17F12NO. The fourth-order valence-corrected chi connectivity index (χ4v) is 4.33. The zero-order valence-corrected chi connectivity index (χ0v) is 18.1. The summed E-state index contributed by atoms with van der Waals surface area (Å²) in [7, 11) is 0. The Labute approximate surface area is 195 Å². The highest BCUT2D eigenvalue weighted by Gasteiger charge is 2.53. The Kier molecular flexibility index (Phi) is 6.66. The number of hydrogen-bond acceptors (Lipinski definition) is 2. The van der Waals surface area contributed by atoms with Gasteiger partial charge in [-0.2, -0.15) is 52.7 Å². The minimum atomic E-state index is -5.38. The van der Waals surface area contributed by atoms with Gasteiger partial charge in [-0.05, 0) is 73.8 Å². The molecule has 1 saturated heterocycles. The van der Waals surface area contributed by atoms with Crippen molar-refractivity contribution in [3.63, 3.8) is 0 Å². The Morgan fingerprint density at radius 2 is 0.861 bits per heavy atom. The fraction of sp³-hybridized carbons (Fsp3) is 0.455. The van der Waals surface area contributed by atoms with Gasteiger partial charge in [-0.1, -0.05) is 0 Å². The molecule has 2 aromatic carbocycles. The summed E-state index contributed by atoms with van der Waals surface area (Å²) in [5.74, 6) is 0. The van der Waals surface area contributed by atoms with Crippen LogP contribution in [-0.2, 0) is 30.3 Å². The van der Waals surface area contributed by atoms with Crippen LogP contribution in [0.5, 0.6) is 0 Å². The second-order valence-electron chi connectivity index (χ2n) is 8.66. The molecule has 2 N–H and O–H groups in total. The molecule has 14 heteroatoms. The van der Waals surface area contributed by atoms with Gasteiger partial charge in [0.25, 0.3) is 0 Å². The molecule has 1 aliphatic heterocycles. The van der Waals surface area contributed by atoms with Crippen molar-refractivity contribution in [2.75, 3.05) is 6.54 Å². The zero-order chi connectivity index (χ0) is 27.5. The topological polar surface area (TPSA) is 32.3 Å². The summed E-state index contributed by atoms with van der Waals surface area (Å²) in [5, 5.41) is 14.4. The number of rotatable bonds is 3. The smallest absolute Gasteiger partial charge is 0.378 e. The first-order valence-electron chi connectivity index (χ1n) is 10.2. The minimum absolute atomic E-state index is 0.0367. The van der Waals surface area contributed by atoms with E-state index in [1.54, 1.807) is 0 Å². The van der Waals surface area contributed by atoms with Crippen molar-refractivity contribution in [1.82, 2.24) is 5.32 Å². The summed E-state index contributed by atoms with van der Waals surface area (Å²) in [6.07, 6.45) is -21.6. The Morgan fingerprint density at radius 1 is 0.583 bits per heavy atom. The van der Waals surface area contributed by atoms with Crippen molar-refractivity contribution in [3.8, 4) is 0 Å². The fourth-order valence-electron chi connectivity index (χ4n) is 4.33. The highest BCUT2D eigenvalue weighted by Crippen LogP contribution is 2.49. The third-order valence-electron chi connectivity index (χ3n) is 6.18. The Balaban J connectivity index is 2.47. The van der Waals surface area contributed by atoms with Gasteiger partial charge in [-0.3, -0.25) is 0 Å². The molecule has 0 spiro atoms. The summed E-state index contributed by atoms with van der Waals surface area (Å²) >= 11 is 0. The van der Waals surface area contributed by atoms with Crippen LogP contribution >= 0.6 is 0 Å². The van der Waals surface area contributed by atoms with E-state index in [9.17, 15) is 57.8 Å². The first kappa shape index (κ1) is 28.1. The molecule has 2 aromatic rings. The molecule has 1 heterocycles. The van der Waals surface area contributed by atoms with Gasteiger partial charge in [-0.15, -0.1) is 0 Å². The molecule has 36 heavy (non-hydrogen) atoms. The molecule has 1 fully saturated rings. The predicted molar refractivity (Wildman–Crippen MR) is 102 cm³/mol. The van der Waals surface area contributed by atoms with Crippen molar-refractivity contribution in [2.45, 2.75) is 55.6 Å². The van der Waals surface area contributed by atoms with Crippen LogP contribution in [0.4, 0.5) is 52.7 Å². The third kappa shape index (κ3) is 5.15. The highest BCUT2D eigenvalue weighted by molar-refractivity contribution is 5.48. The number of alkyl halides is 12. The van der Waals surface area contributed by atoms with Crippen molar-refractivity contribution < 1.29 is 57.8 Å². The lowest BCUT2D eigenvalue weighted by atomic mass is 9.69. The SMILES string of the molecule is C[C@]1(C(O)(c2cc(C(F)(F)F)cc(C(F)(F)F)c2)c2cc(C(F)(F)F)cc(C(F)(F)F)c2)CCCN1. The molecule has 0 aliphatic carbocycles. The van der Waals surface area contributed by atoms with E-state index in [1.807, 2.05) is 0 Å². The third-order valence-corrected chi connectivity index (χ3v) is 6.18. The highest BCUT2D eigenvalue weighted by atomic mass is 19.4. The summed E-state index contributed by atoms with van der Waals surface area (Å²) < 4.78 is 162. The Morgan fingerprint density at radius 3 is 1.08 bits per heavy atom. The average Bonchev–Trinajstić information content (AvgIpc) is 3.18. The van der Waals surface area contributed by atoms with Crippen LogP contribution in [0.15, 0.2) is 36.4 Å². The largest absolute Gasteiger partial charge is 0.416 e. The maximum Gasteiger partial charge on any atom is 0.416 e. The van der Waals surface area contributed by atoms with Crippen LogP contribution in [-0.4, -0.2) is 17.2 Å². The molecule has 0 aromatic heterocycles. The van der Waals surface area contributed by atoms with Gasteiger partial charge in [0.1, 0.15) is 5.60 Å².